The lowest BCUT2D eigenvalue weighted by molar-refractivity contribution is 0.122. The second-order valence-electron chi connectivity index (χ2n) is 5.57. The van der Waals surface area contributed by atoms with E-state index in [1.165, 1.54) is 13.2 Å². The van der Waals surface area contributed by atoms with Crippen LogP contribution in [0.3, 0.4) is 0 Å². The second-order valence-corrected chi connectivity index (χ2v) is 5.98. The molecule has 0 aromatic heterocycles. The number of nitrogens with zero attached hydrogens (tertiary/aromatic N) is 1. The molecule has 0 saturated carbocycles. The summed E-state index contributed by atoms with van der Waals surface area (Å²) in [5.41, 5.74) is 2.58. The van der Waals surface area contributed by atoms with E-state index in [1.807, 2.05) is 24.3 Å². The second kappa shape index (κ2) is 8.13. The van der Waals surface area contributed by atoms with Gasteiger partial charge in [-0.05, 0) is 48.6 Å². The first kappa shape index (κ1) is 17.4. The van der Waals surface area contributed by atoms with Gasteiger partial charge in [0, 0.05) is 36.2 Å². The van der Waals surface area contributed by atoms with Crippen LogP contribution in [-0.4, -0.2) is 38.5 Å². The van der Waals surface area contributed by atoms with Gasteiger partial charge in [0.1, 0.15) is 0 Å². The van der Waals surface area contributed by atoms with E-state index in [0.29, 0.717) is 10.8 Å². The predicted molar refractivity (Wildman–Crippen MR) is 102 cm³/mol. The molecular formula is C18H20FN3O2S. The van der Waals surface area contributed by atoms with Gasteiger partial charge < -0.3 is 25.0 Å². The lowest BCUT2D eigenvalue weighted by Crippen LogP contribution is -2.36. The van der Waals surface area contributed by atoms with E-state index in [9.17, 15) is 4.39 Å². The van der Waals surface area contributed by atoms with E-state index in [1.54, 1.807) is 12.1 Å². The standard InChI is InChI=1S/C18H20FN3O2S/c1-23-17-7-4-14(12-16(17)19)21-18(25)20-13-2-5-15(6-3-13)22-8-10-24-11-9-22/h2-7,12H,8-11H2,1H3,(H2,20,21,25). The topological polar surface area (TPSA) is 45.8 Å². The maximum atomic E-state index is 13.7. The summed E-state index contributed by atoms with van der Waals surface area (Å²) >= 11 is 5.28. The Kier molecular flexibility index (Phi) is 5.67. The lowest BCUT2D eigenvalue weighted by Gasteiger charge is -2.29. The summed E-state index contributed by atoms with van der Waals surface area (Å²) in [6.07, 6.45) is 0. The van der Waals surface area contributed by atoms with Crippen LogP contribution in [0.2, 0.25) is 0 Å². The van der Waals surface area contributed by atoms with Crippen molar-refractivity contribution in [3.8, 4) is 5.75 Å². The number of anilines is 3. The van der Waals surface area contributed by atoms with Crippen LogP contribution in [0.25, 0.3) is 0 Å². The van der Waals surface area contributed by atoms with Crippen LogP contribution in [0.4, 0.5) is 21.5 Å². The summed E-state index contributed by atoms with van der Waals surface area (Å²) in [4.78, 5) is 2.28. The molecule has 0 bridgehead atoms. The fraction of sp³-hybridized carbons (Fsp3) is 0.278. The van der Waals surface area contributed by atoms with E-state index < -0.39 is 5.82 Å². The van der Waals surface area contributed by atoms with Gasteiger partial charge in [0.05, 0.1) is 20.3 Å². The average Bonchev–Trinajstić information content (AvgIpc) is 2.63. The molecule has 2 aromatic carbocycles. The molecule has 0 unspecified atom stereocenters. The Hall–Kier alpha value is -2.38. The van der Waals surface area contributed by atoms with Gasteiger partial charge in [-0.3, -0.25) is 0 Å². The van der Waals surface area contributed by atoms with Crippen LogP contribution >= 0.6 is 12.2 Å². The number of nitrogens with one attached hydrogen (secondary N) is 2. The number of ether oxygens (including phenoxy) is 2. The third-order valence-electron chi connectivity index (χ3n) is 3.91. The molecule has 0 atom stereocenters. The molecule has 0 radical (unpaired) electrons. The van der Waals surface area contributed by atoms with Crippen molar-refractivity contribution < 1.29 is 13.9 Å². The molecule has 0 spiro atoms. The summed E-state index contributed by atoms with van der Waals surface area (Å²) in [6, 6.07) is 12.6. The fourth-order valence-corrected chi connectivity index (χ4v) is 2.85. The van der Waals surface area contributed by atoms with Crippen molar-refractivity contribution in [2.24, 2.45) is 0 Å². The van der Waals surface area contributed by atoms with E-state index in [-0.39, 0.29) is 5.75 Å². The van der Waals surface area contributed by atoms with Crippen molar-refractivity contribution in [3.05, 3.63) is 48.3 Å². The molecule has 132 valence electrons. The Morgan fingerprint density at radius 3 is 2.36 bits per heavy atom. The Balaban J connectivity index is 1.58. The Morgan fingerprint density at radius 2 is 1.72 bits per heavy atom. The number of hydrogen-bond donors (Lipinski definition) is 2. The normalized spacial score (nSPS) is 14.1. The van der Waals surface area contributed by atoms with Crippen molar-refractivity contribution in [1.29, 1.82) is 0 Å². The fourth-order valence-electron chi connectivity index (χ4n) is 2.61. The number of methoxy groups -OCH3 is 1. The summed E-state index contributed by atoms with van der Waals surface area (Å²) in [5.74, 6) is -0.242. The lowest BCUT2D eigenvalue weighted by atomic mass is 10.2. The number of thiocarbonyl (C=S) groups is 1. The number of morpholine rings is 1. The predicted octanol–water partition coefficient (Wildman–Crippen LogP) is 3.48. The Morgan fingerprint density at radius 1 is 1.08 bits per heavy atom. The highest BCUT2D eigenvalue weighted by atomic mass is 32.1. The molecule has 25 heavy (non-hydrogen) atoms. The molecule has 3 rings (SSSR count). The number of hydrogen-bond acceptors (Lipinski definition) is 4. The van der Waals surface area contributed by atoms with Gasteiger partial charge in [-0.25, -0.2) is 4.39 Å². The minimum absolute atomic E-state index is 0.197. The van der Waals surface area contributed by atoms with Crippen LogP contribution in [0.5, 0.6) is 5.75 Å². The Bertz CT molecular complexity index is 734. The smallest absolute Gasteiger partial charge is 0.175 e. The largest absolute Gasteiger partial charge is 0.494 e. The minimum Gasteiger partial charge on any atom is -0.494 e. The van der Waals surface area contributed by atoms with Gasteiger partial charge in [-0.1, -0.05) is 0 Å². The number of halogens is 1. The quantitative estimate of drug-likeness (QED) is 0.813. The third kappa shape index (κ3) is 4.58. The molecule has 2 N–H and O–H groups in total. The molecule has 0 amide bonds. The zero-order valence-electron chi connectivity index (χ0n) is 13.9. The van der Waals surface area contributed by atoms with Crippen molar-refractivity contribution >= 4 is 34.4 Å². The van der Waals surface area contributed by atoms with Crippen molar-refractivity contribution in [2.45, 2.75) is 0 Å². The van der Waals surface area contributed by atoms with Crippen LogP contribution in [0, 0.1) is 5.82 Å². The molecule has 1 fully saturated rings. The van der Waals surface area contributed by atoms with Crippen LogP contribution in [0.15, 0.2) is 42.5 Å². The minimum atomic E-state index is -0.440. The van der Waals surface area contributed by atoms with Crippen molar-refractivity contribution in [2.75, 3.05) is 48.9 Å². The molecule has 2 aromatic rings. The number of rotatable bonds is 4. The maximum Gasteiger partial charge on any atom is 0.175 e. The van der Waals surface area contributed by atoms with Gasteiger partial charge in [-0.15, -0.1) is 0 Å². The highest BCUT2D eigenvalue weighted by Crippen LogP contribution is 2.22. The highest BCUT2D eigenvalue weighted by Gasteiger charge is 2.11. The molecule has 7 heteroatoms. The van der Waals surface area contributed by atoms with Gasteiger partial charge >= 0.3 is 0 Å². The summed E-state index contributed by atoms with van der Waals surface area (Å²) in [6.45, 7) is 3.31. The van der Waals surface area contributed by atoms with Crippen LogP contribution < -0.4 is 20.3 Å². The summed E-state index contributed by atoms with van der Waals surface area (Å²) in [5, 5.41) is 6.44. The summed E-state index contributed by atoms with van der Waals surface area (Å²) in [7, 11) is 1.43. The van der Waals surface area contributed by atoms with Crippen molar-refractivity contribution in [1.82, 2.24) is 0 Å². The third-order valence-corrected chi connectivity index (χ3v) is 4.12. The molecule has 1 heterocycles. The maximum absolute atomic E-state index is 13.7. The van der Waals surface area contributed by atoms with E-state index in [2.05, 4.69) is 15.5 Å². The SMILES string of the molecule is COc1ccc(NC(=S)Nc2ccc(N3CCOCC3)cc2)cc1F. The van der Waals surface area contributed by atoms with Crippen molar-refractivity contribution in [3.63, 3.8) is 0 Å². The van der Waals surface area contributed by atoms with E-state index in [4.69, 9.17) is 21.7 Å². The Labute approximate surface area is 151 Å². The van der Waals surface area contributed by atoms with E-state index in [0.717, 1.165) is 37.7 Å². The van der Waals surface area contributed by atoms with Crippen LogP contribution in [-0.2, 0) is 4.74 Å². The molecule has 1 aliphatic rings. The number of benzene rings is 2. The molecular weight excluding hydrogens is 341 g/mol. The van der Waals surface area contributed by atoms with Gasteiger partial charge in [0.15, 0.2) is 16.7 Å². The van der Waals surface area contributed by atoms with Gasteiger partial charge in [0.25, 0.3) is 0 Å². The highest BCUT2D eigenvalue weighted by molar-refractivity contribution is 7.80. The average molecular weight is 361 g/mol. The van der Waals surface area contributed by atoms with Gasteiger partial charge in [0.2, 0.25) is 0 Å². The van der Waals surface area contributed by atoms with Gasteiger partial charge in [-0.2, -0.15) is 0 Å². The molecule has 1 saturated heterocycles. The summed E-state index contributed by atoms with van der Waals surface area (Å²) < 4.78 is 24.0. The zero-order chi connectivity index (χ0) is 17.6. The van der Waals surface area contributed by atoms with Crippen LogP contribution in [0.1, 0.15) is 0 Å². The van der Waals surface area contributed by atoms with E-state index >= 15 is 0 Å². The zero-order valence-corrected chi connectivity index (χ0v) is 14.7. The monoisotopic (exact) mass is 361 g/mol. The molecule has 5 nitrogen and oxygen atoms in total. The molecule has 0 aliphatic carbocycles. The molecule has 1 aliphatic heterocycles. The first-order chi connectivity index (χ1) is 12.2. The first-order valence-corrected chi connectivity index (χ1v) is 8.41. The first-order valence-electron chi connectivity index (χ1n) is 8.00.